The number of halogens is 2. The maximum absolute atomic E-state index is 13.4. The summed E-state index contributed by atoms with van der Waals surface area (Å²) in [7, 11) is -3.75. The predicted octanol–water partition coefficient (Wildman–Crippen LogP) is 2.75. The number of carbonyl (C=O) groups excluding carboxylic acids is 1. The molecule has 0 saturated carbocycles. The van der Waals surface area contributed by atoms with Gasteiger partial charge in [-0.3, -0.25) is 9.10 Å². The molecule has 0 heterocycles. The first-order valence-electron chi connectivity index (χ1n) is 7.92. The second-order valence-corrected chi connectivity index (χ2v) is 7.85. The molecule has 0 aliphatic carbocycles. The standard InChI is InChI=1S/C18H20F2N2O3S/c1-13-3-5-14(6-4-13)12-21-18(23)9-10-22(26(2,24)25)15-7-8-16(19)17(20)11-15/h3-8,11H,9-10,12H2,1-2H3,(H,21,23). The van der Waals surface area contributed by atoms with Crippen molar-refractivity contribution in [3.63, 3.8) is 0 Å². The molecule has 5 nitrogen and oxygen atoms in total. The Hall–Kier alpha value is -2.48. The van der Waals surface area contributed by atoms with Gasteiger partial charge in [-0.1, -0.05) is 29.8 Å². The summed E-state index contributed by atoms with van der Waals surface area (Å²) in [6, 6.07) is 10.4. The molecule has 0 fully saturated rings. The van der Waals surface area contributed by atoms with Gasteiger partial charge in [-0.2, -0.15) is 0 Å². The van der Waals surface area contributed by atoms with Gasteiger partial charge in [0.05, 0.1) is 11.9 Å². The van der Waals surface area contributed by atoms with E-state index < -0.39 is 21.7 Å². The molecule has 0 aliphatic heterocycles. The maximum Gasteiger partial charge on any atom is 0.232 e. The molecular formula is C18H20F2N2O3S. The van der Waals surface area contributed by atoms with E-state index in [1.54, 1.807) is 0 Å². The zero-order chi connectivity index (χ0) is 19.3. The van der Waals surface area contributed by atoms with Crippen molar-refractivity contribution < 1.29 is 22.0 Å². The van der Waals surface area contributed by atoms with Crippen LogP contribution in [0.2, 0.25) is 0 Å². The molecule has 2 aromatic rings. The number of nitrogens with zero attached hydrogens (tertiary/aromatic N) is 1. The Morgan fingerprint density at radius 1 is 1.08 bits per heavy atom. The minimum atomic E-state index is -3.75. The van der Waals surface area contributed by atoms with Crippen LogP contribution in [0.4, 0.5) is 14.5 Å². The Balaban J connectivity index is 1.99. The summed E-state index contributed by atoms with van der Waals surface area (Å²) in [5.74, 6) is -2.57. The van der Waals surface area contributed by atoms with Gasteiger partial charge in [0, 0.05) is 25.6 Å². The van der Waals surface area contributed by atoms with Gasteiger partial charge >= 0.3 is 0 Å². The van der Waals surface area contributed by atoms with Crippen LogP contribution >= 0.6 is 0 Å². The van der Waals surface area contributed by atoms with Crippen molar-refractivity contribution in [2.45, 2.75) is 19.9 Å². The molecule has 0 bridgehead atoms. The van der Waals surface area contributed by atoms with Crippen molar-refractivity contribution in [2.75, 3.05) is 17.1 Å². The first-order chi connectivity index (χ1) is 12.2. The van der Waals surface area contributed by atoms with E-state index in [0.717, 1.165) is 39.9 Å². The Bertz CT molecular complexity index is 884. The zero-order valence-corrected chi connectivity index (χ0v) is 15.3. The number of aryl methyl sites for hydroxylation is 1. The number of benzene rings is 2. The van der Waals surface area contributed by atoms with Crippen molar-refractivity contribution in [3.05, 3.63) is 65.2 Å². The third-order valence-electron chi connectivity index (χ3n) is 3.74. The number of carbonyl (C=O) groups is 1. The molecule has 0 aromatic heterocycles. The van der Waals surface area contributed by atoms with Crippen molar-refractivity contribution >= 4 is 21.6 Å². The number of nitrogens with one attached hydrogen (secondary N) is 1. The summed E-state index contributed by atoms with van der Waals surface area (Å²) < 4.78 is 51.2. The lowest BCUT2D eigenvalue weighted by atomic mass is 10.1. The number of sulfonamides is 1. The van der Waals surface area contributed by atoms with E-state index in [4.69, 9.17) is 0 Å². The monoisotopic (exact) mass is 382 g/mol. The first-order valence-corrected chi connectivity index (χ1v) is 9.76. The van der Waals surface area contributed by atoms with Gasteiger partial charge in [0.2, 0.25) is 15.9 Å². The number of amides is 1. The molecule has 2 aromatic carbocycles. The molecular weight excluding hydrogens is 362 g/mol. The molecule has 0 radical (unpaired) electrons. The van der Waals surface area contributed by atoms with E-state index in [9.17, 15) is 22.0 Å². The van der Waals surface area contributed by atoms with E-state index in [-0.39, 0.29) is 24.6 Å². The van der Waals surface area contributed by atoms with Crippen LogP contribution in [-0.4, -0.2) is 27.1 Å². The second-order valence-electron chi connectivity index (χ2n) is 5.95. The summed E-state index contributed by atoms with van der Waals surface area (Å²) in [6.45, 7) is 2.10. The Morgan fingerprint density at radius 2 is 1.73 bits per heavy atom. The highest BCUT2D eigenvalue weighted by Crippen LogP contribution is 2.20. The molecule has 0 spiro atoms. The number of hydrogen-bond donors (Lipinski definition) is 1. The van der Waals surface area contributed by atoms with Crippen molar-refractivity contribution in [2.24, 2.45) is 0 Å². The molecule has 1 N–H and O–H groups in total. The second kappa shape index (κ2) is 8.27. The maximum atomic E-state index is 13.4. The topological polar surface area (TPSA) is 66.5 Å². The van der Waals surface area contributed by atoms with Gasteiger partial charge in [-0.25, -0.2) is 17.2 Å². The van der Waals surface area contributed by atoms with Gasteiger partial charge in [0.15, 0.2) is 11.6 Å². The van der Waals surface area contributed by atoms with Gasteiger partial charge in [-0.05, 0) is 24.6 Å². The average molecular weight is 382 g/mol. The highest BCUT2D eigenvalue weighted by molar-refractivity contribution is 7.92. The smallest absolute Gasteiger partial charge is 0.232 e. The number of hydrogen-bond acceptors (Lipinski definition) is 3. The van der Waals surface area contributed by atoms with Crippen LogP contribution in [0.1, 0.15) is 17.5 Å². The third kappa shape index (κ3) is 5.52. The largest absolute Gasteiger partial charge is 0.352 e. The number of rotatable bonds is 7. The van der Waals surface area contributed by atoms with E-state index in [2.05, 4.69) is 5.32 Å². The van der Waals surface area contributed by atoms with Crippen LogP contribution in [0.15, 0.2) is 42.5 Å². The van der Waals surface area contributed by atoms with Crippen molar-refractivity contribution in [1.29, 1.82) is 0 Å². The van der Waals surface area contributed by atoms with Gasteiger partial charge < -0.3 is 5.32 Å². The summed E-state index contributed by atoms with van der Waals surface area (Å²) in [5, 5.41) is 2.70. The lowest BCUT2D eigenvalue weighted by molar-refractivity contribution is -0.121. The highest BCUT2D eigenvalue weighted by Gasteiger charge is 2.20. The molecule has 2 rings (SSSR count). The van der Waals surface area contributed by atoms with Crippen molar-refractivity contribution in [1.82, 2.24) is 5.32 Å². The fraction of sp³-hybridized carbons (Fsp3) is 0.278. The van der Waals surface area contributed by atoms with Crippen molar-refractivity contribution in [3.8, 4) is 0 Å². The highest BCUT2D eigenvalue weighted by atomic mass is 32.2. The molecule has 8 heteroatoms. The molecule has 0 unspecified atom stereocenters. The van der Waals surface area contributed by atoms with Gasteiger partial charge in [-0.15, -0.1) is 0 Å². The lowest BCUT2D eigenvalue weighted by Crippen LogP contribution is -2.34. The summed E-state index contributed by atoms with van der Waals surface area (Å²) in [6.07, 6.45) is 0.830. The van der Waals surface area contributed by atoms with Gasteiger partial charge in [0.1, 0.15) is 0 Å². The van der Waals surface area contributed by atoms with Crippen LogP contribution in [0.3, 0.4) is 0 Å². The van der Waals surface area contributed by atoms with E-state index in [0.29, 0.717) is 6.54 Å². The molecule has 26 heavy (non-hydrogen) atoms. The third-order valence-corrected chi connectivity index (χ3v) is 4.94. The molecule has 0 saturated heterocycles. The van der Waals surface area contributed by atoms with Crippen LogP contribution in [0.5, 0.6) is 0 Å². The van der Waals surface area contributed by atoms with Gasteiger partial charge in [0.25, 0.3) is 0 Å². The first kappa shape index (κ1) is 19.8. The number of anilines is 1. The van der Waals surface area contributed by atoms with E-state index in [1.165, 1.54) is 0 Å². The Morgan fingerprint density at radius 3 is 2.31 bits per heavy atom. The quantitative estimate of drug-likeness (QED) is 0.801. The zero-order valence-electron chi connectivity index (χ0n) is 14.5. The van der Waals surface area contributed by atoms with E-state index in [1.807, 2.05) is 31.2 Å². The van der Waals surface area contributed by atoms with Crippen LogP contribution < -0.4 is 9.62 Å². The SMILES string of the molecule is Cc1ccc(CNC(=O)CCN(c2ccc(F)c(F)c2)S(C)(=O)=O)cc1. The van der Waals surface area contributed by atoms with Crippen LogP contribution in [0.25, 0.3) is 0 Å². The minimum Gasteiger partial charge on any atom is -0.352 e. The summed E-state index contributed by atoms with van der Waals surface area (Å²) in [5.41, 5.74) is 2.00. The Labute approximate surface area is 151 Å². The Kier molecular flexibility index (Phi) is 6.31. The molecule has 0 aliphatic rings. The fourth-order valence-electron chi connectivity index (χ4n) is 2.32. The normalized spacial score (nSPS) is 11.2. The predicted molar refractivity (Wildman–Crippen MR) is 96.2 cm³/mol. The summed E-state index contributed by atoms with van der Waals surface area (Å²) >= 11 is 0. The molecule has 1 amide bonds. The molecule has 0 atom stereocenters. The fourth-order valence-corrected chi connectivity index (χ4v) is 3.24. The minimum absolute atomic E-state index is 0.0299. The van der Waals surface area contributed by atoms with Crippen LogP contribution in [0, 0.1) is 18.6 Å². The molecule has 140 valence electrons. The summed E-state index contributed by atoms with van der Waals surface area (Å²) in [4.78, 5) is 12.0. The van der Waals surface area contributed by atoms with Crippen LogP contribution in [-0.2, 0) is 21.4 Å². The average Bonchev–Trinajstić information content (AvgIpc) is 2.56. The van der Waals surface area contributed by atoms with E-state index >= 15 is 0 Å². The lowest BCUT2D eigenvalue weighted by Gasteiger charge is -2.22.